The molecule has 0 spiro atoms. The first kappa shape index (κ1) is 22.9. The Morgan fingerprint density at radius 2 is 1.64 bits per heavy atom. The molecule has 0 bridgehead atoms. The van der Waals surface area contributed by atoms with Crippen molar-refractivity contribution in [3.05, 3.63) is 77.6 Å². The van der Waals surface area contributed by atoms with Gasteiger partial charge in [-0.25, -0.2) is 17.6 Å². The van der Waals surface area contributed by atoms with Crippen LogP contribution in [0.25, 0.3) is 10.8 Å². The first-order valence-electron chi connectivity index (χ1n) is 10.5. The number of hydrogen-bond donors (Lipinski definition) is 0. The summed E-state index contributed by atoms with van der Waals surface area (Å²) in [6.07, 6.45) is 0. The zero-order valence-corrected chi connectivity index (χ0v) is 18.8. The third kappa shape index (κ3) is 4.89. The summed E-state index contributed by atoms with van der Waals surface area (Å²) in [6, 6.07) is 16.5. The molecule has 1 amide bonds. The zero-order chi connectivity index (χ0) is 23.6. The molecule has 172 valence electrons. The molecular weight excluding hydrogens is 447 g/mol. The number of carbonyl (C=O) groups is 2. The monoisotopic (exact) mass is 470 g/mol. The highest BCUT2D eigenvalue weighted by Gasteiger charge is 2.30. The van der Waals surface area contributed by atoms with Gasteiger partial charge in [-0.3, -0.25) is 4.79 Å². The predicted molar refractivity (Wildman–Crippen MR) is 121 cm³/mol. The molecule has 1 saturated heterocycles. The van der Waals surface area contributed by atoms with Gasteiger partial charge in [0.15, 0.2) is 6.61 Å². The fourth-order valence-electron chi connectivity index (χ4n) is 3.68. The van der Waals surface area contributed by atoms with Crippen LogP contribution in [0.5, 0.6) is 0 Å². The number of esters is 1. The van der Waals surface area contributed by atoms with Gasteiger partial charge in [0.05, 0.1) is 10.5 Å². The van der Waals surface area contributed by atoms with Crippen molar-refractivity contribution in [3.63, 3.8) is 0 Å². The number of amides is 1. The Morgan fingerprint density at radius 1 is 0.939 bits per heavy atom. The van der Waals surface area contributed by atoms with E-state index in [1.165, 1.54) is 21.3 Å². The van der Waals surface area contributed by atoms with Gasteiger partial charge in [0, 0.05) is 26.2 Å². The first-order chi connectivity index (χ1) is 15.8. The summed E-state index contributed by atoms with van der Waals surface area (Å²) >= 11 is 0. The third-order valence-corrected chi connectivity index (χ3v) is 7.58. The summed E-state index contributed by atoms with van der Waals surface area (Å²) in [5, 5.41) is 1.79. The van der Waals surface area contributed by atoms with Crippen LogP contribution < -0.4 is 0 Å². The molecule has 1 heterocycles. The minimum absolute atomic E-state index is 0.0252. The maximum Gasteiger partial charge on any atom is 0.338 e. The van der Waals surface area contributed by atoms with Crippen molar-refractivity contribution in [2.24, 2.45) is 0 Å². The molecule has 0 N–H and O–H groups in total. The number of nitrogens with zero attached hydrogens (tertiary/aromatic N) is 2. The van der Waals surface area contributed by atoms with E-state index in [0.717, 1.165) is 16.8 Å². The molecule has 7 nitrogen and oxygen atoms in total. The van der Waals surface area contributed by atoms with E-state index in [9.17, 15) is 22.4 Å². The van der Waals surface area contributed by atoms with Gasteiger partial charge in [-0.1, -0.05) is 36.4 Å². The predicted octanol–water partition coefficient (Wildman–Crippen LogP) is 2.98. The Balaban J connectivity index is 1.34. The van der Waals surface area contributed by atoms with Crippen LogP contribution in [0.1, 0.15) is 15.9 Å². The zero-order valence-electron chi connectivity index (χ0n) is 18.0. The van der Waals surface area contributed by atoms with E-state index < -0.39 is 34.3 Å². The summed E-state index contributed by atoms with van der Waals surface area (Å²) < 4.78 is 46.1. The molecule has 0 unspecified atom stereocenters. The average Bonchev–Trinajstić information content (AvgIpc) is 2.83. The highest BCUT2D eigenvalue weighted by molar-refractivity contribution is 7.89. The number of carbonyl (C=O) groups excluding carboxylic acids is 2. The van der Waals surface area contributed by atoms with E-state index in [1.807, 2.05) is 24.3 Å². The lowest BCUT2D eigenvalue weighted by Crippen LogP contribution is -2.51. The van der Waals surface area contributed by atoms with E-state index in [4.69, 9.17) is 4.74 Å². The van der Waals surface area contributed by atoms with Gasteiger partial charge in [-0.05, 0) is 47.5 Å². The van der Waals surface area contributed by atoms with Crippen molar-refractivity contribution in [3.8, 4) is 0 Å². The fourth-order valence-corrected chi connectivity index (χ4v) is 5.13. The van der Waals surface area contributed by atoms with Gasteiger partial charge in [0.1, 0.15) is 5.82 Å². The van der Waals surface area contributed by atoms with Crippen molar-refractivity contribution in [2.45, 2.75) is 11.8 Å². The van der Waals surface area contributed by atoms with E-state index in [-0.39, 0.29) is 36.6 Å². The van der Waals surface area contributed by atoms with Gasteiger partial charge in [0.25, 0.3) is 5.91 Å². The van der Waals surface area contributed by atoms with Gasteiger partial charge >= 0.3 is 5.97 Å². The summed E-state index contributed by atoms with van der Waals surface area (Å²) in [5.41, 5.74) is 0.427. The molecule has 0 aliphatic carbocycles. The molecule has 0 atom stereocenters. The van der Waals surface area contributed by atoms with Crippen LogP contribution in [0.3, 0.4) is 0 Å². The molecule has 1 aliphatic heterocycles. The Labute approximate surface area is 191 Å². The van der Waals surface area contributed by atoms with E-state index >= 15 is 0 Å². The molecule has 4 rings (SSSR count). The van der Waals surface area contributed by atoms with Crippen molar-refractivity contribution in [1.82, 2.24) is 9.21 Å². The maximum atomic E-state index is 13.6. The lowest BCUT2D eigenvalue weighted by atomic mass is 10.1. The van der Waals surface area contributed by atoms with Crippen LogP contribution in [0.4, 0.5) is 4.39 Å². The van der Waals surface area contributed by atoms with Crippen LogP contribution in [0.15, 0.2) is 65.6 Å². The van der Waals surface area contributed by atoms with Gasteiger partial charge in [-0.2, -0.15) is 4.31 Å². The highest BCUT2D eigenvalue weighted by atomic mass is 32.2. The van der Waals surface area contributed by atoms with Gasteiger partial charge < -0.3 is 9.64 Å². The number of hydrogen-bond acceptors (Lipinski definition) is 5. The molecule has 9 heteroatoms. The largest absolute Gasteiger partial charge is 0.452 e. The van der Waals surface area contributed by atoms with Gasteiger partial charge in [-0.15, -0.1) is 0 Å². The molecule has 0 radical (unpaired) electrons. The summed E-state index contributed by atoms with van der Waals surface area (Å²) in [4.78, 5) is 26.2. The Kier molecular flexibility index (Phi) is 6.44. The average molecular weight is 471 g/mol. The van der Waals surface area contributed by atoms with Crippen LogP contribution >= 0.6 is 0 Å². The van der Waals surface area contributed by atoms with Crippen molar-refractivity contribution < 1.29 is 27.1 Å². The maximum absolute atomic E-state index is 13.6. The van der Waals surface area contributed by atoms with Crippen LogP contribution in [-0.2, 0) is 19.6 Å². The molecule has 1 aliphatic rings. The minimum Gasteiger partial charge on any atom is -0.452 e. The molecule has 33 heavy (non-hydrogen) atoms. The van der Waals surface area contributed by atoms with E-state index in [0.29, 0.717) is 5.56 Å². The second-order valence-electron chi connectivity index (χ2n) is 7.83. The summed E-state index contributed by atoms with van der Waals surface area (Å²) in [6.45, 7) is 1.72. The SMILES string of the molecule is Cc1ccc(C(=O)OCC(=O)N2CCN(S(=O)(=O)c3ccc4ccccc4c3)CC2)cc1F. The number of piperazine rings is 1. The normalized spacial score (nSPS) is 14.9. The standard InChI is InChI=1S/C24H23FN2O5S/c1-17-6-7-20(15-22(17)25)24(29)32-16-23(28)26-10-12-27(13-11-26)33(30,31)21-9-8-18-4-2-3-5-19(18)14-21/h2-9,14-15H,10-13,16H2,1H3. The Morgan fingerprint density at radius 3 is 2.33 bits per heavy atom. The van der Waals surface area contributed by atoms with Gasteiger partial charge in [0.2, 0.25) is 10.0 Å². The van der Waals surface area contributed by atoms with Crippen molar-refractivity contribution in [2.75, 3.05) is 32.8 Å². The highest BCUT2D eigenvalue weighted by Crippen LogP contribution is 2.23. The lowest BCUT2D eigenvalue weighted by Gasteiger charge is -2.33. The molecule has 1 fully saturated rings. The summed E-state index contributed by atoms with van der Waals surface area (Å²) in [7, 11) is -3.70. The molecule has 0 aromatic heterocycles. The number of fused-ring (bicyclic) bond motifs is 1. The third-order valence-electron chi connectivity index (χ3n) is 5.68. The number of aryl methyl sites for hydroxylation is 1. The van der Waals surface area contributed by atoms with Crippen LogP contribution in [0, 0.1) is 12.7 Å². The van der Waals surface area contributed by atoms with Crippen LogP contribution in [-0.4, -0.2) is 62.3 Å². The summed E-state index contributed by atoms with van der Waals surface area (Å²) in [5.74, 6) is -1.75. The number of rotatable bonds is 5. The Hall–Kier alpha value is -3.30. The lowest BCUT2D eigenvalue weighted by molar-refractivity contribution is -0.135. The number of halogens is 1. The molecule has 0 saturated carbocycles. The fraction of sp³-hybridized carbons (Fsp3) is 0.250. The number of benzene rings is 3. The smallest absolute Gasteiger partial charge is 0.338 e. The van der Waals surface area contributed by atoms with Crippen molar-refractivity contribution >= 4 is 32.7 Å². The number of sulfonamides is 1. The molecular formula is C24H23FN2O5S. The number of ether oxygens (including phenoxy) is 1. The molecule has 3 aromatic rings. The second-order valence-corrected chi connectivity index (χ2v) is 9.77. The Bertz CT molecular complexity index is 1320. The quantitative estimate of drug-likeness (QED) is 0.536. The van der Waals surface area contributed by atoms with Crippen LogP contribution in [0.2, 0.25) is 0 Å². The molecule has 3 aromatic carbocycles. The topological polar surface area (TPSA) is 84.0 Å². The second kappa shape index (κ2) is 9.29. The minimum atomic E-state index is -3.70. The van der Waals surface area contributed by atoms with Crippen molar-refractivity contribution in [1.29, 1.82) is 0 Å². The van der Waals surface area contributed by atoms with E-state index in [1.54, 1.807) is 25.1 Å². The first-order valence-corrected chi connectivity index (χ1v) is 11.9. The van der Waals surface area contributed by atoms with E-state index in [2.05, 4.69) is 0 Å².